The standard InChI is InChI=1S/C19H15N3O2S/c1-13-5-6-17(18(23)21-11-15-7-8-25-12-15)19(24)22(13)16-4-2-3-14(9-16)10-20/h2-9,12H,11H2,1H3,(H,21,23). The van der Waals surface area contributed by atoms with Crippen LogP contribution in [-0.2, 0) is 6.54 Å². The lowest BCUT2D eigenvalue weighted by Gasteiger charge is -2.12. The number of nitrogens with one attached hydrogen (secondary N) is 1. The predicted octanol–water partition coefficient (Wildman–Crippen LogP) is 3.01. The third-order valence-corrected chi connectivity index (χ3v) is 4.52. The predicted molar refractivity (Wildman–Crippen MR) is 97.0 cm³/mol. The Balaban J connectivity index is 1.95. The average Bonchev–Trinajstić information content (AvgIpc) is 3.13. The fourth-order valence-electron chi connectivity index (χ4n) is 2.51. The van der Waals surface area contributed by atoms with Crippen LogP contribution in [0.1, 0.15) is 27.2 Å². The fourth-order valence-corrected chi connectivity index (χ4v) is 3.18. The Morgan fingerprint density at radius 2 is 2.12 bits per heavy atom. The Labute approximate surface area is 148 Å². The third kappa shape index (κ3) is 3.52. The van der Waals surface area contributed by atoms with Gasteiger partial charge in [-0.05, 0) is 59.6 Å². The number of nitriles is 1. The second-order valence-electron chi connectivity index (χ2n) is 5.51. The molecule has 1 N–H and O–H groups in total. The van der Waals surface area contributed by atoms with Gasteiger partial charge in [-0.2, -0.15) is 16.6 Å². The lowest BCUT2D eigenvalue weighted by molar-refractivity contribution is 0.0949. The molecule has 2 aromatic heterocycles. The van der Waals surface area contributed by atoms with Gasteiger partial charge >= 0.3 is 0 Å². The molecule has 25 heavy (non-hydrogen) atoms. The molecular weight excluding hydrogens is 334 g/mol. The number of rotatable bonds is 4. The lowest BCUT2D eigenvalue weighted by atomic mass is 10.1. The third-order valence-electron chi connectivity index (χ3n) is 3.79. The second kappa shape index (κ2) is 7.16. The summed E-state index contributed by atoms with van der Waals surface area (Å²) in [6.45, 7) is 2.16. The fraction of sp³-hybridized carbons (Fsp3) is 0.105. The largest absolute Gasteiger partial charge is 0.348 e. The van der Waals surface area contributed by atoms with Crippen LogP contribution in [0.4, 0.5) is 0 Å². The SMILES string of the molecule is Cc1ccc(C(=O)NCc2ccsc2)c(=O)n1-c1cccc(C#N)c1. The Kier molecular flexibility index (Phi) is 4.78. The minimum absolute atomic E-state index is 0.0724. The summed E-state index contributed by atoms with van der Waals surface area (Å²) in [7, 11) is 0. The van der Waals surface area contributed by atoms with Gasteiger partial charge in [0.05, 0.1) is 17.3 Å². The van der Waals surface area contributed by atoms with E-state index in [4.69, 9.17) is 5.26 Å². The Hall–Kier alpha value is -3.17. The molecule has 1 amide bonds. The molecular formula is C19H15N3O2S. The van der Waals surface area contributed by atoms with Crippen molar-refractivity contribution in [2.75, 3.05) is 0 Å². The quantitative estimate of drug-likeness (QED) is 0.787. The van der Waals surface area contributed by atoms with E-state index in [0.717, 1.165) is 5.56 Å². The van der Waals surface area contributed by atoms with Gasteiger partial charge in [0.1, 0.15) is 5.56 Å². The van der Waals surface area contributed by atoms with Crippen molar-refractivity contribution in [3.05, 3.63) is 86.0 Å². The Bertz CT molecular complexity index is 1010. The molecule has 3 rings (SSSR count). The molecule has 0 unspecified atom stereocenters. The van der Waals surface area contributed by atoms with Gasteiger partial charge in [-0.3, -0.25) is 14.2 Å². The van der Waals surface area contributed by atoms with Crippen molar-refractivity contribution in [3.8, 4) is 11.8 Å². The summed E-state index contributed by atoms with van der Waals surface area (Å²) in [5.41, 5.74) is 2.37. The van der Waals surface area contributed by atoms with Crippen molar-refractivity contribution >= 4 is 17.2 Å². The molecule has 0 saturated carbocycles. The van der Waals surface area contributed by atoms with E-state index in [9.17, 15) is 9.59 Å². The molecule has 6 heteroatoms. The summed E-state index contributed by atoms with van der Waals surface area (Å²) in [6, 6.07) is 14.0. The van der Waals surface area contributed by atoms with Crippen molar-refractivity contribution in [2.45, 2.75) is 13.5 Å². The molecule has 124 valence electrons. The zero-order chi connectivity index (χ0) is 17.8. The molecule has 0 saturated heterocycles. The number of nitrogens with zero attached hydrogens (tertiary/aromatic N) is 2. The zero-order valence-electron chi connectivity index (χ0n) is 13.5. The number of aryl methyl sites for hydroxylation is 1. The van der Waals surface area contributed by atoms with Gasteiger partial charge < -0.3 is 5.32 Å². The van der Waals surface area contributed by atoms with Gasteiger partial charge in [-0.25, -0.2) is 0 Å². The number of hydrogen-bond acceptors (Lipinski definition) is 4. The van der Waals surface area contributed by atoms with E-state index in [1.54, 1.807) is 48.6 Å². The number of carbonyl (C=O) groups is 1. The van der Waals surface area contributed by atoms with Crippen LogP contribution in [-0.4, -0.2) is 10.5 Å². The second-order valence-corrected chi connectivity index (χ2v) is 6.29. The number of pyridine rings is 1. The number of hydrogen-bond donors (Lipinski definition) is 1. The van der Waals surface area contributed by atoms with Crippen molar-refractivity contribution in [1.29, 1.82) is 5.26 Å². The molecule has 0 aliphatic rings. The van der Waals surface area contributed by atoms with E-state index in [0.29, 0.717) is 23.5 Å². The number of benzene rings is 1. The van der Waals surface area contributed by atoms with Crippen molar-refractivity contribution in [1.82, 2.24) is 9.88 Å². The highest BCUT2D eigenvalue weighted by molar-refractivity contribution is 7.07. The minimum Gasteiger partial charge on any atom is -0.348 e. The summed E-state index contributed by atoms with van der Waals surface area (Å²) in [5, 5.41) is 15.7. The van der Waals surface area contributed by atoms with Crippen LogP contribution >= 0.6 is 11.3 Å². The van der Waals surface area contributed by atoms with Gasteiger partial charge in [0.15, 0.2) is 0 Å². The monoisotopic (exact) mass is 349 g/mol. The lowest BCUT2D eigenvalue weighted by Crippen LogP contribution is -2.32. The van der Waals surface area contributed by atoms with E-state index < -0.39 is 11.5 Å². The summed E-state index contributed by atoms with van der Waals surface area (Å²) < 4.78 is 1.44. The van der Waals surface area contributed by atoms with Gasteiger partial charge in [0, 0.05) is 12.2 Å². The zero-order valence-corrected chi connectivity index (χ0v) is 14.3. The molecule has 0 atom stereocenters. The van der Waals surface area contributed by atoms with E-state index in [2.05, 4.69) is 11.4 Å². The van der Waals surface area contributed by atoms with Gasteiger partial charge in [-0.15, -0.1) is 0 Å². The Morgan fingerprint density at radius 3 is 2.84 bits per heavy atom. The summed E-state index contributed by atoms with van der Waals surface area (Å²) in [5.74, 6) is -0.415. The van der Waals surface area contributed by atoms with Crippen LogP contribution in [0.15, 0.2) is 58.0 Å². The molecule has 0 fully saturated rings. The molecule has 0 bridgehead atoms. The normalized spacial score (nSPS) is 10.2. The smallest absolute Gasteiger partial charge is 0.268 e. The molecule has 0 radical (unpaired) electrons. The van der Waals surface area contributed by atoms with Crippen LogP contribution < -0.4 is 10.9 Å². The molecule has 1 aromatic carbocycles. The minimum atomic E-state index is -0.415. The molecule has 0 spiro atoms. The number of amides is 1. The molecule has 5 nitrogen and oxygen atoms in total. The summed E-state index contributed by atoms with van der Waals surface area (Å²) in [4.78, 5) is 25.2. The average molecular weight is 349 g/mol. The first-order chi connectivity index (χ1) is 12.1. The number of carbonyl (C=O) groups excluding carboxylic acids is 1. The van der Waals surface area contributed by atoms with Crippen molar-refractivity contribution in [3.63, 3.8) is 0 Å². The Morgan fingerprint density at radius 1 is 1.28 bits per heavy atom. The highest BCUT2D eigenvalue weighted by Gasteiger charge is 2.15. The first-order valence-electron chi connectivity index (χ1n) is 7.62. The number of thiophene rings is 1. The first-order valence-corrected chi connectivity index (χ1v) is 8.57. The maximum absolute atomic E-state index is 12.8. The van der Waals surface area contributed by atoms with Gasteiger partial charge in [0.2, 0.25) is 0 Å². The molecule has 0 aliphatic carbocycles. The van der Waals surface area contributed by atoms with Crippen LogP contribution in [0, 0.1) is 18.3 Å². The number of aromatic nitrogens is 1. The highest BCUT2D eigenvalue weighted by Crippen LogP contribution is 2.12. The van der Waals surface area contributed by atoms with Crippen LogP contribution in [0.5, 0.6) is 0 Å². The van der Waals surface area contributed by atoms with E-state index in [-0.39, 0.29) is 5.56 Å². The topological polar surface area (TPSA) is 74.9 Å². The maximum atomic E-state index is 12.8. The van der Waals surface area contributed by atoms with Gasteiger partial charge in [-0.1, -0.05) is 6.07 Å². The summed E-state index contributed by atoms with van der Waals surface area (Å²) >= 11 is 1.55. The van der Waals surface area contributed by atoms with Crippen molar-refractivity contribution < 1.29 is 4.79 Å². The van der Waals surface area contributed by atoms with E-state index in [1.165, 1.54) is 10.6 Å². The van der Waals surface area contributed by atoms with E-state index in [1.807, 2.05) is 16.8 Å². The molecule has 0 aliphatic heterocycles. The molecule has 2 heterocycles. The molecule has 3 aromatic rings. The summed E-state index contributed by atoms with van der Waals surface area (Å²) in [6.07, 6.45) is 0. The van der Waals surface area contributed by atoms with E-state index >= 15 is 0 Å². The highest BCUT2D eigenvalue weighted by atomic mass is 32.1. The van der Waals surface area contributed by atoms with Crippen LogP contribution in [0.2, 0.25) is 0 Å². The van der Waals surface area contributed by atoms with Crippen LogP contribution in [0.25, 0.3) is 5.69 Å². The van der Waals surface area contributed by atoms with Gasteiger partial charge in [0.25, 0.3) is 11.5 Å². The van der Waals surface area contributed by atoms with Crippen molar-refractivity contribution in [2.24, 2.45) is 0 Å². The first kappa shape index (κ1) is 16.7. The van der Waals surface area contributed by atoms with Crippen LogP contribution in [0.3, 0.4) is 0 Å². The maximum Gasteiger partial charge on any atom is 0.268 e.